The summed E-state index contributed by atoms with van der Waals surface area (Å²) in [6, 6.07) is 4.90. The second kappa shape index (κ2) is 7.59. The van der Waals surface area contributed by atoms with Crippen LogP contribution in [0, 0.1) is 5.92 Å². The van der Waals surface area contributed by atoms with Crippen LogP contribution in [0.4, 0.5) is 0 Å². The molecular formula is C19H25N7O2. The Morgan fingerprint density at radius 3 is 2.86 bits per heavy atom. The molecule has 9 nitrogen and oxygen atoms in total. The number of hydrogen-bond donors (Lipinski definition) is 4. The van der Waals surface area contributed by atoms with Gasteiger partial charge >= 0.3 is 5.69 Å². The SMILES string of the molecule is CC(C)C[C@@H](NC(=O)c1ccc2[nH]c(=O)[nH]c2c1)c1nnc2n1CCNCC2. The lowest BCUT2D eigenvalue weighted by Gasteiger charge is -2.21. The third-order valence-electron chi connectivity index (χ3n) is 5.00. The zero-order valence-corrected chi connectivity index (χ0v) is 16.1. The highest BCUT2D eigenvalue weighted by atomic mass is 16.2. The van der Waals surface area contributed by atoms with Crippen LogP contribution < -0.4 is 16.3 Å². The van der Waals surface area contributed by atoms with Crippen molar-refractivity contribution < 1.29 is 4.79 Å². The molecule has 1 aromatic carbocycles. The first kappa shape index (κ1) is 18.4. The number of amides is 1. The summed E-state index contributed by atoms with van der Waals surface area (Å²) in [6.45, 7) is 6.78. The predicted octanol–water partition coefficient (Wildman–Crippen LogP) is 1.11. The fourth-order valence-electron chi connectivity index (χ4n) is 3.67. The van der Waals surface area contributed by atoms with E-state index in [0.717, 1.165) is 44.1 Å². The second-order valence-corrected chi connectivity index (χ2v) is 7.62. The van der Waals surface area contributed by atoms with Crippen molar-refractivity contribution in [3.05, 3.63) is 45.9 Å². The van der Waals surface area contributed by atoms with Gasteiger partial charge in [0.15, 0.2) is 5.82 Å². The third kappa shape index (κ3) is 3.70. The number of fused-ring (bicyclic) bond motifs is 2. The lowest BCUT2D eigenvalue weighted by atomic mass is 10.0. The number of benzene rings is 1. The largest absolute Gasteiger partial charge is 0.342 e. The minimum absolute atomic E-state index is 0.196. The molecule has 1 aliphatic heterocycles. The zero-order chi connectivity index (χ0) is 19.7. The van der Waals surface area contributed by atoms with Crippen LogP contribution >= 0.6 is 0 Å². The van der Waals surface area contributed by atoms with Gasteiger partial charge in [0.1, 0.15) is 5.82 Å². The van der Waals surface area contributed by atoms with E-state index in [9.17, 15) is 9.59 Å². The van der Waals surface area contributed by atoms with Crippen LogP contribution in [0.5, 0.6) is 0 Å². The summed E-state index contributed by atoms with van der Waals surface area (Å²) < 4.78 is 2.13. The van der Waals surface area contributed by atoms with Gasteiger partial charge in [-0.05, 0) is 30.5 Å². The van der Waals surface area contributed by atoms with Crippen LogP contribution in [-0.4, -0.2) is 43.7 Å². The van der Waals surface area contributed by atoms with Crippen molar-refractivity contribution in [2.24, 2.45) is 5.92 Å². The monoisotopic (exact) mass is 383 g/mol. The summed E-state index contributed by atoms with van der Waals surface area (Å²) in [7, 11) is 0. The number of carbonyl (C=O) groups is 1. The summed E-state index contributed by atoms with van der Waals surface area (Å²) in [5.41, 5.74) is 1.50. The van der Waals surface area contributed by atoms with Crippen LogP contribution in [0.3, 0.4) is 0 Å². The minimum Gasteiger partial charge on any atom is -0.342 e. The van der Waals surface area contributed by atoms with Crippen molar-refractivity contribution in [3.8, 4) is 0 Å². The molecule has 0 saturated heterocycles. The molecule has 0 aliphatic carbocycles. The van der Waals surface area contributed by atoms with E-state index in [2.05, 4.69) is 49.2 Å². The van der Waals surface area contributed by atoms with E-state index in [1.54, 1.807) is 18.2 Å². The maximum absolute atomic E-state index is 12.9. The van der Waals surface area contributed by atoms with Crippen molar-refractivity contribution in [2.45, 2.75) is 39.3 Å². The molecule has 0 spiro atoms. The minimum atomic E-state index is -0.287. The number of carbonyl (C=O) groups excluding carboxylic acids is 1. The van der Waals surface area contributed by atoms with E-state index in [-0.39, 0.29) is 17.6 Å². The molecule has 0 radical (unpaired) electrons. The molecule has 1 amide bonds. The number of nitrogens with zero attached hydrogens (tertiary/aromatic N) is 3. The summed E-state index contributed by atoms with van der Waals surface area (Å²) in [6.07, 6.45) is 1.59. The van der Waals surface area contributed by atoms with Gasteiger partial charge in [-0.2, -0.15) is 0 Å². The van der Waals surface area contributed by atoms with E-state index in [1.165, 1.54) is 0 Å². The van der Waals surface area contributed by atoms with Crippen LogP contribution in [0.15, 0.2) is 23.0 Å². The highest BCUT2D eigenvalue weighted by Crippen LogP contribution is 2.22. The number of H-pyrrole nitrogens is 2. The van der Waals surface area contributed by atoms with E-state index in [1.807, 2.05) is 0 Å². The molecule has 0 fully saturated rings. The molecule has 0 saturated carbocycles. The lowest BCUT2D eigenvalue weighted by Crippen LogP contribution is -2.32. The van der Waals surface area contributed by atoms with Crippen LogP contribution in [-0.2, 0) is 13.0 Å². The van der Waals surface area contributed by atoms with Gasteiger partial charge in [0.05, 0.1) is 17.1 Å². The van der Waals surface area contributed by atoms with Crippen LogP contribution in [0.1, 0.15) is 48.3 Å². The Bertz CT molecular complexity index is 1050. The highest BCUT2D eigenvalue weighted by molar-refractivity contribution is 5.97. The van der Waals surface area contributed by atoms with E-state index in [0.29, 0.717) is 22.5 Å². The fraction of sp³-hybridized carbons (Fsp3) is 0.474. The molecule has 4 N–H and O–H groups in total. The molecule has 3 heterocycles. The first-order valence-corrected chi connectivity index (χ1v) is 9.67. The average molecular weight is 383 g/mol. The Kier molecular flexibility index (Phi) is 4.99. The molecule has 1 atom stereocenters. The van der Waals surface area contributed by atoms with Crippen LogP contribution in [0.25, 0.3) is 11.0 Å². The summed E-state index contributed by atoms with van der Waals surface area (Å²) in [4.78, 5) is 29.8. The van der Waals surface area contributed by atoms with Gasteiger partial charge in [-0.1, -0.05) is 13.8 Å². The first-order chi connectivity index (χ1) is 13.5. The van der Waals surface area contributed by atoms with Crippen molar-refractivity contribution in [1.82, 2.24) is 35.4 Å². The number of imidazole rings is 1. The fourth-order valence-corrected chi connectivity index (χ4v) is 3.67. The van der Waals surface area contributed by atoms with Crippen molar-refractivity contribution in [3.63, 3.8) is 0 Å². The van der Waals surface area contributed by atoms with Gasteiger partial charge in [0.25, 0.3) is 5.91 Å². The zero-order valence-electron chi connectivity index (χ0n) is 16.1. The Morgan fingerprint density at radius 2 is 2.04 bits per heavy atom. The quantitative estimate of drug-likeness (QED) is 0.526. The molecule has 1 aliphatic rings. The summed E-state index contributed by atoms with van der Waals surface area (Å²) in [5, 5.41) is 15.2. The van der Waals surface area contributed by atoms with Gasteiger partial charge in [-0.3, -0.25) is 4.79 Å². The van der Waals surface area contributed by atoms with Crippen LogP contribution in [0.2, 0.25) is 0 Å². The summed E-state index contributed by atoms with van der Waals surface area (Å²) >= 11 is 0. The molecule has 148 valence electrons. The summed E-state index contributed by atoms with van der Waals surface area (Å²) in [5.74, 6) is 1.94. The number of nitrogens with one attached hydrogen (secondary N) is 4. The Labute approximate surface area is 161 Å². The molecular weight excluding hydrogens is 358 g/mol. The van der Waals surface area contributed by atoms with E-state index >= 15 is 0 Å². The Balaban J connectivity index is 1.61. The standard InChI is InChI=1S/C19H25N7O2/c1-11(2)9-15(17-25-24-16-5-6-20-7-8-26(16)17)21-18(27)12-3-4-13-14(10-12)23-19(28)22-13/h3-4,10-11,15,20H,5-9H2,1-2H3,(H,21,27)(H2,22,23,28)/t15-/m1/s1. The van der Waals surface area contributed by atoms with Crippen molar-refractivity contribution in [1.29, 1.82) is 0 Å². The molecule has 0 bridgehead atoms. The Hall–Kier alpha value is -2.94. The van der Waals surface area contributed by atoms with Gasteiger partial charge in [0.2, 0.25) is 0 Å². The van der Waals surface area contributed by atoms with Gasteiger partial charge in [-0.15, -0.1) is 10.2 Å². The first-order valence-electron chi connectivity index (χ1n) is 9.67. The topological polar surface area (TPSA) is 120 Å². The van der Waals surface area contributed by atoms with E-state index in [4.69, 9.17) is 0 Å². The number of rotatable bonds is 5. The van der Waals surface area contributed by atoms with Gasteiger partial charge in [0, 0.05) is 31.6 Å². The van der Waals surface area contributed by atoms with Gasteiger partial charge < -0.3 is 25.2 Å². The normalized spacial score (nSPS) is 15.4. The number of aromatic nitrogens is 5. The predicted molar refractivity (Wildman–Crippen MR) is 105 cm³/mol. The van der Waals surface area contributed by atoms with E-state index < -0.39 is 0 Å². The molecule has 4 rings (SSSR count). The number of hydrogen-bond acceptors (Lipinski definition) is 5. The average Bonchev–Trinajstić information content (AvgIpc) is 3.14. The second-order valence-electron chi connectivity index (χ2n) is 7.62. The maximum atomic E-state index is 12.9. The lowest BCUT2D eigenvalue weighted by molar-refractivity contribution is 0.0929. The molecule has 3 aromatic rings. The Morgan fingerprint density at radius 1 is 1.21 bits per heavy atom. The molecule has 0 unspecified atom stereocenters. The molecule has 2 aromatic heterocycles. The van der Waals surface area contributed by atoms with Crippen molar-refractivity contribution in [2.75, 3.05) is 13.1 Å². The number of aromatic amines is 2. The smallest absolute Gasteiger partial charge is 0.323 e. The van der Waals surface area contributed by atoms with Crippen molar-refractivity contribution >= 4 is 16.9 Å². The van der Waals surface area contributed by atoms with Gasteiger partial charge in [-0.25, -0.2) is 4.79 Å². The third-order valence-corrected chi connectivity index (χ3v) is 5.00. The highest BCUT2D eigenvalue weighted by Gasteiger charge is 2.25. The molecule has 28 heavy (non-hydrogen) atoms. The maximum Gasteiger partial charge on any atom is 0.323 e. The molecule has 9 heteroatoms.